The number of hydrogen-bond donors (Lipinski definition) is 0. The molecule has 1 fully saturated rings. The van der Waals surface area contributed by atoms with Crippen LogP contribution in [0.2, 0.25) is 0 Å². The lowest BCUT2D eigenvalue weighted by Gasteiger charge is -2.41. The van der Waals surface area contributed by atoms with Gasteiger partial charge in [0, 0.05) is 0 Å². The third-order valence-electron chi connectivity index (χ3n) is 5.78. The third kappa shape index (κ3) is 4.01. The lowest BCUT2D eigenvalue weighted by molar-refractivity contribution is 0.164. The smallest absolute Gasteiger partial charge is 0.119 e. The van der Waals surface area contributed by atoms with Gasteiger partial charge >= 0.3 is 0 Å². The van der Waals surface area contributed by atoms with Crippen LogP contribution in [-0.2, 0) is 6.61 Å². The van der Waals surface area contributed by atoms with Crippen molar-refractivity contribution in [2.45, 2.75) is 64.9 Å². The molecule has 0 amide bonds. The van der Waals surface area contributed by atoms with Gasteiger partial charge in [0.05, 0.1) is 0 Å². The second kappa shape index (κ2) is 7.88. The predicted molar refractivity (Wildman–Crippen MR) is 101 cm³/mol. The molecule has 1 nitrogen and oxygen atoms in total. The van der Waals surface area contributed by atoms with Crippen molar-refractivity contribution in [1.82, 2.24) is 0 Å². The molecule has 1 atom stereocenters. The molecular formula is C23H30O. The first kappa shape index (κ1) is 17.1. The molecule has 0 spiro atoms. The minimum Gasteiger partial charge on any atom is -0.489 e. The molecule has 1 saturated carbocycles. The molecule has 24 heavy (non-hydrogen) atoms. The maximum atomic E-state index is 5.93. The zero-order valence-electron chi connectivity index (χ0n) is 15.1. The quantitative estimate of drug-likeness (QED) is 0.573. The molecule has 0 aliphatic heterocycles. The highest BCUT2D eigenvalue weighted by atomic mass is 16.5. The lowest BCUT2D eigenvalue weighted by atomic mass is 9.64. The minimum absolute atomic E-state index is 0.472. The zero-order chi connectivity index (χ0) is 16.8. The molecule has 0 radical (unpaired) electrons. The van der Waals surface area contributed by atoms with E-state index in [9.17, 15) is 0 Å². The standard InChI is InChI=1S/C23H30O/c1-3-22(23(2)16-8-5-9-17-23)20-12-14-21(15-13-20)24-18-19-10-6-4-7-11-19/h4,6-7,10-15,22H,3,5,8-9,16-18H2,1-2H3. The first-order chi connectivity index (χ1) is 11.7. The summed E-state index contributed by atoms with van der Waals surface area (Å²) in [6.45, 7) is 5.47. The average molecular weight is 322 g/mol. The van der Waals surface area contributed by atoms with E-state index < -0.39 is 0 Å². The maximum absolute atomic E-state index is 5.93. The van der Waals surface area contributed by atoms with Crippen molar-refractivity contribution in [3.05, 3.63) is 65.7 Å². The Morgan fingerprint density at radius 2 is 1.58 bits per heavy atom. The Morgan fingerprint density at radius 1 is 0.917 bits per heavy atom. The van der Waals surface area contributed by atoms with E-state index in [1.807, 2.05) is 6.07 Å². The lowest BCUT2D eigenvalue weighted by Crippen LogP contribution is -2.28. The highest BCUT2D eigenvalue weighted by Crippen LogP contribution is 2.48. The Morgan fingerprint density at radius 3 is 2.21 bits per heavy atom. The Bertz CT molecular complexity index is 608. The largest absolute Gasteiger partial charge is 0.489 e. The summed E-state index contributed by atoms with van der Waals surface area (Å²) in [5.74, 6) is 1.63. The summed E-state index contributed by atoms with van der Waals surface area (Å²) in [4.78, 5) is 0. The highest BCUT2D eigenvalue weighted by molar-refractivity contribution is 5.31. The van der Waals surface area contributed by atoms with E-state index in [1.54, 1.807) is 0 Å². The van der Waals surface area contributed by atoms with Gasteiger partial charge in [0.15, 0.2) is 0 Å². The van der Waals surface area contributed by atoms with Gasteiger partial charge in [-0.15, -0.1) is 0 Å². The van der Waals surface area contributed by atoms with Gasteiger partial charge in [-0.05, 0) is 53.9 Å². The Labute approximate surface area is 147 Å². The number of rotatable bonds is 6. The molecule has 2 aromatic rings. The predicted octanol–water partition coefficient (Wildman–Crippen LogP) is 6.73. The van der Waals surface area contributed by atoms with Gasteiger partial charge in [0.1, 0.15) is 12.4 Å². The second-order valence-corrected chi connectivity index (χ2v) is 7.52. The van der Waals surface area contributed by atoms with Gasteiger partial charge < -0.3 is 4.74 Å². The summed E-state index contributed by atoms with van der Waals surface area (Å²) in [7, 11) is 0. The van der Waals surface area contributed by atoms with Crippen LogP contribution in [0.5, 0.6) is 5.75 Å². The molecule has 0 heterocycles. The Hall–Kier alpha value is -1.76. The first-order valence-corrected chi connectivity index (χ1v) is 9.48. The summed E-state index contributed by atoms with van der Waals surface area (Å²) in [5.41, 5.74) is 3.16. The summed E-state index contributed by atoms with van der Waals surface area (Å²) in [5, 5.41) is 0. The molecule has 0 bridgehead atoms. The molecule has 2 aromatic carbocycles. The average Bonchev–Trinajstić information content (AvgIpc) is 2.63. The van der Waals surface area contributed by atoms with Crippen molar-refractivity contribution in [1.29, 1.82) is 0 Å². The van der Waals surface area contributed by atoms with Gasteiger partial charge in [0.2, 0.25) is 0 Å². The molecule has 1 aliphatic carbocycles. The number of ether oxygens (including phenoxy) is 1. The van der Waals surface area contributed by atoms with Crippen molar-refractivity contribution in [2.75, 3.05) is 0 Å². The summed E-state index contributed by atoms with van der Waals surface area (Å²) in [6, 6.07) is 19.2. The Balaban J connectivity index is 1.66. The van der Waals surface area contributed by atoms with Gasteiger partial charge in [-0.1, -0.05) is 75.6 Å². The molecular weight excluding hydrogens is 292 g/mol. The van der Waals surface area contributed by atoms with Gasteiger partial charge in [-0.3, -0.25) is 0 Å². The van der Waals surface area contributed by atoms with Crippen LogP contribution in [0.1, 0.15) is 69.4 Å². The molecule has 1 heteroatoms. The highest BCUT2D eigenvalue weighted by Gasteiger charge is 2.35. The van der Waals surface area contributed by atoms with Crippen LogP contribution in [0.4, 0.5) is 0 Å². The fourth-order valence-corrected chi connectivity index (χ4v) is 4.38. The van der Waals surface area contributed by atoms with Crippen LogP contribution in [-0.4, -0.2) is 0 Å². The van der Waals surface area contributed by atoms with E-state index >= 15 is 0 Å². The monoisotopic (exact) mass is 322 g/mol. The van der Waals surface area contributed by atoms with Crippen LogP contribution >= 0.6 is 0 Å². The summed E-state index contributed by atoms with van der Waals surface area (Å²) in [6.07, 6.45) is 8.17. The topological polar surface area (TPSA) is 9.23 Å². The van der Waals surface area contributed by atoms with E-state index in [-0.39, 0.29) is 0 Å². The number of hydrogen-bond acceptors (Lipinski definition) is 1. The van der Waals surface area contributed by atoms with Crippen molar-refractivity contribution >= 4 is 0 Å². The molecule has 128 valence electrons. The van der Waals surface area contributed by atoms with Crippen molar-refractivity contribution in [3.8, 4) is 5.75 Å². The van der Waals surface area contributed by atoms with E-state index in [4.69, 9.17) is 4.74 Å². The fourth-order valence-electron chi connectivity index (χ4n) is 4.38. The van der Waals surface area contributed by atoms with Crippen LogP contribution in [0.25, 0.3) is 0 Å². The first-order valence-electron chi connectivity index (χ1n) is 9.48. The second-order valence-electron chi connectivity index (χ2n) is 7.52. The van der Waals surface area contributed by atoms with Crippen molar-refractivity contribution < 1.29 is 4.74 Å². The van der Waals surface area contributed by atoms with Crippen molar-refractivity contribution in [3.63, 3.8) is 0 Å². The molecule has 1 aliphatic rings. The third-order valence-corrected chi connectivity index (χ3v) is 5.78. The van der Waals surface area contributed by atoms with Crippen LogP contribution < -0.4 is 4.74 Å². The molecule has 3 rings (SSSR count). The van der Waals surface area contributed by atoms with Crippen molar-refractivity contribution in [2.24, 2.45) is 5.41 Å². The normalized spacial score (nSPS) is 18.1. The molecule has 0 saturated heterocycles. The van der Waals surface area contributed by atoms with Crippen LogP contribution in [0, 0.1) is 5.41 Å². The minimum atomic E-state index is 0.472. The van der Waals surface area contributed by atoms with E-state index in [2.05, 4.69) is 62.4 Å². The van der Waals surface area contributed by atoms with Crippen LogP contribution in [0.15, 0.2) is 54.6 Å². The maximum Gasteiger partial charge on any atom is 0.119 e. The van der Waals surface area contributed by atoms with E-state index in [1.165, 1.54) is 49.7 Å². The fraction of sp³-hybridized carbons (Fsp3) is 0.478. The summed E-state index contributed by atoms with van der Waals surface area (Å²) < 4.78 is 5.93. The van der Waals surface area contributed by atoms with E-state index in [0.29, 0.717) is 17.9 Å². The molecule has 0 aromatic heterocycles. The Kier molecular flexibility index (Phi) is 5.60. The van der Waals surface area contributed by atoms with Gasteiger partial charge in [0.25, 0.3) is 0 Å². The summed E-state index contributed by atoms with van der Waals surface area (Å²) >= 11 is 0. The molecule has 0 N–H and O–H groups in total. The van der Waals surface area contributed by atoms with Gasteiger partial charge in [-0.2, -0.15) is 0 Å². The van der Waals surface area contributed by atoms with Gasteiger partial charge in [-0.25, -0.2) is 0 Å². The number of benzene rings is 2. The molecule has 1 unspecified atom stereocenters. The zero-order valence-corrected chi connectivity index (χ0v) is 15.1. The SMILES string of the molecule is CCC(c1ccc(OCc2ccccc2)cc1)C1(C)CCCCC1. The van der Waals surface area contributed by atoms with Crippen LogP contribution in [0.3, 0.4) is 0 Å². The van der Waals surface area contributed by atoms with E-state index in [0.717, 1.165) is 5.75 Å².